The zero-order chi connectivity index (χ0) is 24.2. The number of amides is 3. The van der Waals surface area contributed by atoms with E-state index in [1.54, 1.807) is 53.2 Å². The van der Waals surface area contributed by atoms with Gasteiger partial charge in [0.05, 0.1) is 5.56 Å². The van der Waals surface area contributed by atoms with Gasteiger partial charge in [-0.3, -0.25) is 4.79 Å². The number of carbonyl (C=O) groups excluding carboxylic acids is 2. The third-order valence-corrected chi connectivity index (χ3v) is 5.99. The molecular weight excluding hydrogens is 440 g/mol. The molecule has 1 saturated heterocycles. The summed E-state index contributed by atoms with van der Waals surface area (Å²) < 4.78 is 26.9. The first-order chi connectivity index (χ1) is 16.3. The van der Waals surface area contributed by atoms with E-state index >= 15 is 0 Å². The molecule has 0 aliphatic carbocycles. The van der Waals surface area contributed by atoms with Gasteiger partial charge in [-0.15, -0.1) is 0 Å². The normalized spacial score (nSPS) is 14.0. The van der Waals surface area contributed by atoms with Gasteiger partial charge in [0.25, 0.3) is 5.91 Å². The van der Waals surface area contributed by atoms with Crippen LogP contribution in [0, 0.1) is 11.6 Å². The Hall–Kier alpha value is -4.01. The summed E-state index contributed by atoms with van der Waals surface area (Å²) >= 11 is 0. The molecule has 1 fully saturated rings. The lowest BCUT2D eigenvalue weighted by atomic mass is 10.0. The maximum absolute atomic E-state index is 13.5. The number of hydrogen-bond acceptors (Lipinski definition) is 4. The number of pyridine rings is 1. The molecule has 34 heavy (non-hydrogen) atoms. The lowest BCUT2D eigenvalue weighted by molar-refractivity contribution is 0.0671. The van der Waals surface area contributed by atoms with Crippen molar-refractivity contribution in [1.82, 2.24) is 14.8 Å². The summed E-state index contributed by atoms with van der Waals surface area (Å²) in [6, 6.07) is 13.1. The van der Waals surface area contributed by atoms with Gasteiger partial charge in [-0.2, -0.15) is 0 Å². The molecule has 0 unspecified atom stereocenters. The molecule has 3 aromatic rings. The number of piperidine rings is 1. The van der Waals surface area contributed by atoms with Crippen molar-refractivity contribution in [1.29, 1.82) is 0 Å². The molecule has 7 nitrogen and oxygen atoms in total. The highest BCUT2D eigenvalue weighted by Crippen LogP contribution is 2.24. The van der Waals surface area contributed by atoms with Gasteiger partial charge in [-0.1, -0.05) is 12.1 Å². The van der Waals surface area contributed by atoms with Gasteiger partial charge < -0.3 is 20.9 Å². The fourth-order valence-corrected chi connectivity index (χ4v) is 4.01. The number of anilines is 2. The largest absolute Gasteiger partial charge is 0.384 e. The third-order valence-electron chi connectivity index (χ3n) is 5.99. The monoisotopic (exact) mass is 465 g/mol. The lowest BCUT2D eigenvalue weighted by Gasteiger charge is -2.36. The molecule has 2 heterocycles. The molecular formula is C25H25F2N5O2. The minimum atomic E-state index is -0.646. The van der Waals surface area contributed by atoms with E-state index in [2.05, 4.69) is 10.3 Å². The Balaban J connectivity index is 1.31. The maximum atomic E-state index is 13.5. The summed E-state index contributed by atoms with van der Waals surface area (Å²) in [7, 11) is 1.73. The predicted octanol–water partition coefficient (Wildman–Crippen LogP) is 4.38. The summed E-state index contributed by atoms with van der Waals surface area (Å²) in [6.45, 7) is 1.06. The van der Waals surface area contributed by atoms with Crippen molar-refractivity contribution in [3.63, 3.8) is 0 Å². The van der Waals surface area contributed by atoms with Crippen molar-refractivity contribution in [3.8, 4) is 11.1 Å². The number of nitrogens with two attached hydrogens (primary N) is 1. The number of likely N-dealkylation sites (tertiary alicyclic amines) is 1. The van der Waals surface area contributed by atoms with Gasteiger partial charge in [0.1, 0.15) is 17.5 Å². The Bertz CT molecular complexity index is 1160. The van der Waals surface area contributed by atoms with Crippen LogP contribution in [0.4, 0.5) is 25.1 Å². The first-order valence-corrected chi connectivity index (χ1v) is 10.9. The number of benzene rings is 2. The van der Waals surface area contributed by atoms with Crippen LogP contribution >= 0.6 is 0 Å². The zero-order valence-corrected chi connectivity index (χ0v) is 18.7. The van der Waals surface area contributed by atoms with Crippen LogP contribution in [0.15, 0.2) is 60.8 Å². The van der Waals surface area contributed by atoms with Gasteiger partial charge in [-0.25, -0.2) is 18.6 Å². The molecule has 1 aliphatic rings. The van der Waals surface area contributed by atoms with Crippen LogP contribution in [0.3, 0.4) is 0 Å². The fraction of sp³-hybridized carbons (Fsp3) is 0.240. The topological polar surface area (TPSA) is 91.6 Å². The van der Waals surface area contributed by atoms with Crippen molar-refractivity contribution in [2.24, 2.45) is 0 Å². The van der Waals surface area contributed by atoms with E-state index < -0.39 is 11.6 Å². The first kappa shape index (κ1) is 23.2. The number of hydrogen-bond donors (Lipinski definition) is 2. The summed E-state index contributed by atoms with van der Waals surface area (Å²) in [5.41, 5.74) is 7.69. The van der Waals surface area contributed by atoms with Gasteiger partial charge in [0.2, 0.25) is 0 Å². The molecule has 0 atom stereocenters. The van der Waals surface area contributed by atoms with Crippen LogP contribution in [0.1, 0.15) is 23.2 Å². The summed E-state index contributed by atoms with van der Waals surface area (Å²) in [5, 5.41) is 2.84. The van der Waals surface area contributed by atoms with Gasteiger partial charge in [0, 0.05) is 44.1 Å². The average molecular weight is 466 g/mol. The Morgan fingerprint density at radius 3 is 2.24 bits per heavy atom. The van der Waals surface area contributed by atoms with E-state index in [0.29, 0.717) is 54.1 Å². The van der Waals surface area contributed by atoms with Crippen LogP contribution in [0.5, 0.6) is 0 Å². The first-order valence-electron chi connectivity index (χ1n) is 10.9. The number of rotatable bonds is 4. The molecule has 3 amide bonds. The molecule has 1 aromatic heterocycles. The van der Waals surface area contributed by atoms with E-state index in [9.17, 15) is 18.4 Å². The van der Waals surface area contributed by atoms with Crippen molar-refractivity contribution in [2.75, 3.05) is 31.2 Å². The second kappa shape index (κ2) is 9.86. The van der Waals surface area contributed by atoms with Crippen LogP contribution in [-0.4, -0.2) is 52.9 Å². The minimum absolute atomic E-state index is 0.0110. The van der Waals surface area contributed by atoms with E-state index in [1.165, 1.54) is 18.3 Å². The Kier molecular flexibility index (Phi) is 6.72. The molecule has 176 valence electrons. The number of halogens is 2. The summed E-state index contributed by atoms with van der Waals surface area (Å²) in [6.07, 6.45) is 2.78. The molecule has 4 rings (SSSR count). The Morgan fingerprint density at radius 1 is 1.00 bits per heavy atom. The second-order valence-electron chi connectivity index (χ2n) is 8.27. The third kappa shape index (κ3) is 5.31. The number of carbonyl (C=O) groups is 2. The number of aromatic nitrogens is 1. The molecule has 3 N–H and O–H groups in total. The minimum Gasteiger partial charge on any atom is -0.384 e. The quantitative estimate of drug-likeness (QED) is 0.598. The molecule has 2 aromatic carbocycles. The zero-order valence-electron chi connectivity index (χ0n) is 18.7. The molecule has 0 saturated carbocycles. The van der Waals surface area contributed by atoms with Gasteiger partial charge in [0.15, 0.2) is 0 Å². The van der Waals surface area contributed by atoms with Crippen molar-refractivity contribution in [3.05, 3.63) is 78.0 Å². The van der Waals surface area contributed by atoms with Gasteiger partial charge >= 0.3 is 6.03 Å². The molecule has 1 aliphatic heterocycles. The van der Waals surface area contributed by atoms with E-state index in [1.807, 2.05) is 0 Å². The number of urea groups is 1. The van der Waals surface area contributed by atoms with Crippen LogP contribution in [-0.2, 0) is 0 Å². The SMILES string of the molecule is CN(C(=O)Nc1ccc(-c2cc(F)cc(F)c2)cc1)C1CCN(C(=O)c2ccc(N)nc2)CC1. The van der Waals surface area contributed by atoms with Crippen molar-refractivity contribution in [2.45, 2.75) is 18.9 Å². The highest BCUT2D eigenvalue weighted by molar-refractivity contribution is 5.94. The lowest BCUT2D eigenvalue weighted by Crippen LogP contribution is -2.48. The van der Waals surface area contributed by atoms with E-state index in [0.717, 1.165) is 6.07 Å². The number of nitrogen functional groups attached to an aromatic ring is 1. The molecule has 0 spiro atoms. The molecule has 9 heteroatoms. The van der Waals surface area contributed by atoms with E-state index in [4.69, 9.17) is 5.73 Å². The van der Waals surface area contributed by atoms with Crippen molar-refractivity contribution < 1.29 is 18.4 Å². The Morgan fingerprint density at radius 2 is 1.65 bits per heavy atom. The Labute approximate surface area is 196 Å². The van der Waals surface area contributed by atoms with Crippen LogP contribution < -0.4 is 11.1 Å². The highest BCUT2D eigenvalue weighted by Gasteiger charge is 2.28. The number of nitrogens with zero attached hydrogens (tertiary/aromatic N) is 3. The van der Waals surface area contributed by atoms with E-state index in [-0.39, 0.29) is 18.0 Å². The molecule has 0 bridgehead atoms. The fourth-order valence-electron chi connectivity index (χ4n) is 4.01. The van der Waals surface area contributed by atoms with Gasteiger partial charge in [-0.05, 0) is 60.4 Å². The summed E-state index contributed by atoms with van der Waals surface area (Å²) in [5.74, 6) is -1.03. The average Bonchev–Trinajstić information content (AvgIpc) is 2.83. The highest BCUT2D eigenvalue weighted by atomic mass is 19.1. The maximum Gasteiger partial charge on any atom is 0.321 e. The predicted molar refractivity (Wildman–Crippen MR) is 126 cm³/mol. The van der Waals surface area contributed by atoms with Crippen LogP contribution in [0.2, 0.25) is 0 Å². The number of nitrogens with one attached hydrogen (secondary N) is 1. The molecule has 0 radical (unpaired) electrons. The van der Waals surface area contributed by atoms with Crippen molar-refractivity contribution >= 4 is 23.4 Å². The summed E-state index contributed by atoms with van der Waals surface area (Å²) in [4.78, 5) is 32.7. The second-order valence-corrected chi connectivity index (χ2v) is 8.27. The smallest absolute Gasteiger partial charge is 0.321 e. The van der Waals surface area contributed by atoms with Crippen LogP contribution in [0.25, 0.3) is 11.1 Å². The standard InChI is InChI=1S/C25H25F2N5O2/c1-31(22-8-10-32(11-9-22)24(33)17-4-7-23(28)29-15-17)25(34)30-21-5-2-16(3-6-21)18-12-19(26)14-20(27)13-18/h2-7,12-15,22H,8-11H2,1H3,(H2,28,29)(H,30,34).